The minimum Gasteiger partial charge on any atom is -0.310 e. The lowest BCUT2D eigenvalue weighted by atomic mass is 9.95. The van der Waals surface area contributed by atoms with E-state index in [4.69, 9.17) is 0 Å². The lowest BCUT2D eigenvalue weighted by molar-refractivity contribution is 0.209. The van der Waals surface area contributed by atoms with Gasteiger partial charge in [-0.1, -0.05) is 0 Å². The molecule has 4 nitrogen and oxygen atoms in total. The predicted octanol–water partition coefficient (Wildman–Crippen LogP) is 0.495. The maximum absolute atomic E-state index is 11.2. The van der Waals surface area contributed by atoms with Gasteiger partial charge in [0.1, 0.15) is 9.84 Å². The fourth-order valence-electron chi connectivity index (χ4n) is 2.76. The van der Waals surface area contributed by atoms with Crippen molar-refractivity contribution in [2.24, 2.45) is 5.92 Å². The molecule has 2 aliphatic rings. The molecule has 0 amide bonds. The number of sulfone groups is 1. The lowest BCUT2D eigenvalue weighted by Gasteiger charge is -2.33. The monoisotopic (exact) mass is 260 g/mol. The van der Waals surface area contributed by atoms with Crippen molar-refractivity contribution in [3.05, 3.63) is 0 Å². The normalized spacial score (nSPS) is 32.4. The Balaban J connectivity index is 1.92. The molecule has 2 fully saturated rings. The second-order valence-electron chi connectivity index (χ2n) is 5.88. The van der Waals surface area contributed by atoms with Crippen LogP contribution in [0.1, 0.15) is 26.2 Å². The van der Waals surface area contributed by atoms with Crippen LogP contribution in [0, 0.1) is 5.92 Å². The molecule has 0 bridgehead atoms. The van der Waals surface area contributed by atoms with Crippen LogP contribution < -0.4 is 5.32 Å². The van der Waals surface area contributed by atoms with Gasteiger partial charge in [-0.15, -0.1) is 0 Å². The molecule has 1 aliphatic heterocycles. The van der Waals surface area contributed by atoms with Crippen molar-refractivity contribution < 1.29 is 8.42 Å². The molecule has 5 heteroatoms. The third kappa shape index (κ3) is 3.93. The first-order valence-electron chi connectivity index (χ1n) is 6.54. The van der Waals surface area contributed by atoms with Crippen LogP contribution >= 0.6 is 0 Å². The molecule has 0 radical (unpaired) electrons. The maximum Gasteiger partial charge on any atom is 0.148 e. The molecule has 1 aliphatic carbocycles. The molecule has 1 saturated heterocycles. The summed E-state index contributed by atoms with van der Waals surface area (Å²) in [5, 5.41) is 3.66. The Bertz CT molecular complexity index is 365. The van der Waals surface area contributed by atoms with Gasteiger partial charge < -0.3 is 10.2 Å². The first-order valence-corrected chi connectivity index (χ1v) is 8.60. The zero-order valence-corrected chi connectivity index (χ0v) is 11.7. The van der Waals surface area contributed by atoms with Gasteiger partial charge in [0.05, 0.1) is 5.75 Å². The summed E-state index contributed by atoms with van der Waals surface area (Å²) in [5.74, 6) is 1.08. The standard InChI is InChI=1S/C12H24N2O2S/c1-12(11-4-5-11)10-14(7-3-6-13-12)8-9-17(2,15)16/h11,13H,3-10H2,1-2H3. The fourth-order valence-corrected chi connectivity index (χ4v) is 3.35. The van der Waals surface area contributed by atoms with Gasteiger partial charge in [0.15, 0.2) is 0 Å². The number of hydrogen-bond acceptors (Lipinski definition) is 4. The van der Waals surface area contributed by atoms with E-state index in [1.165, 1.54) is 19.1 Å². The number of nitrogens with zero attached hydrogens (tertiary/aromatic N) is 1. The zero-order valence-electron chi connectivity index (χ0n) is 10.9. The molecule has 1 unspecified atom stereocenters. The van der Waals surface area contributed by atoms with Gasteiger partial charge >= 0.3 is 0 Å². The predicted molar refractivity (Wildman–Crippen MR) is 69.9 cm³/mol. The SMILES string of the molecule is CC1(C2CC2)CN(CCS(C)(=O)=O)CCCN1. The summed E-state index contributed by atoms with van der Waals surface area (Å²) in [6.07, 6.45) is 5.09. The van der Waals surface area contributed by atoms with Crippen LogP contribution in [-0.4, -0.2) is 57.0 Å². The Morgan fingerprint density at radius 1 is 1.41 bits per heavy atom. The Hall–Kier alpha value is -0.130. The van der Waals surface area contributed by atoms with E-state index in [2.05, 4.69) is 17.1 Å². The van der Waals surface area contributed by atoms with Crippen molar-refractivity contribution in [1.82, 2.24) is 10.2 Å². The summed E-state index contributed by atoms with van der Waals surface area (Å²) >= 11 is 0. The largest absolute Gasteiger partial charge is 0.310 e. The smallest absolute Gasteiger partial charge is 0.148 e. The summed E-state index contributed by atoms with van der Waals surface area (Å²) in [4.78, 5) is 2.32. The van der Waals surface area contributed by atoms with Crippen molar-refractivity contribution in [2.45, 2.75) is 31.7 Å². The van der Waals surface area contributed by atoms with Crippen molar-refractivity contribution in [1.29, 1.82) is 0 Å². The van der Waals surface area contributed by atoms with E-state index in [0.29, 0.717) is 6.54 Å². The summed E-state index contributed by atoms with van der Waals surface area (Å²) in [6.45, 7) is 6.05. The Kier molecular flexibility index (Phi) is 3.80. The number of rotatable bonds is 4. The summed E-state index contributed by atoms with van der Waals surface area (Å²) in [6, 6.07) is 0. The molecule has 0 aromatic carbocycles. The first kappa shape index (κ1) is 13.3. The first-order chi connectivity index (χ1) is 7.89. The van der Waals surface area contributed by atoms with Crippen LogP contribution in [0.2, 0.25) is 0 Å². The van der Waals surface area contributed by atoms with E-state index in [9.17, 15) is 8.42 Å². The van der Waals surface area contributed by atoms with Crippen molar-refractivity contribution in [3.8, 4) is 0 Å². The Morgan fingerprint density at radius 3 is 2.71 bits per heavy atom. The molecule has 2 rings (SSSR count). The third-order valence-electron chi connectivity index (χ3n) is 3.99. The van der Waals surface area contributed by atoms with Gasteiger partial charge in [-0.05, 0) is 45.2 Å². The van der Waals surface area contributed by atoms with Crippen LogP contribution in [0.3, 0.4) is 0 Å². The highest BCUT2D eigenvalue weighted by Crippen LogP contribution is 2.40. The van der Waals surface area contributed by atoms with Crippen LogP contribution in [-0.2, 0) is 9.84 Å². The van der Waals surface area contributed by atoms with Gasteiger partial charge in [-0.2, -0.15) is 0 Å². The topological polar surface area (TPSA) is 49.4 Å². The van der Waals surface area contributed by atoms with Crippen molar-refractivity contribution in [3.63, 3.8) is 0 Å². The van der Waals surface area contributed by atoms with E-state index >= 15 is 0 Å². The molecule has 1 atom stereocenters. The lowest BCUT2D eigenvalue weighted by Crippen LogP contribution is -2.51. The maximum atomic E-state index is 11.2. The molecule has 17 heavy (non-hydrogen) atoms. The summed E-state index contributed by atoms with van der Waals surface area (Å²) in [7, 11) is -2.84. The molecule has 1 saturated carbocycles. The summed E-state index contributed by atoms with van der Waals surface area (Å²) in [5.41, 5.74) is 0.202. The number of hydrogen-bond donors (Lipinski definition) is 1. The van der Waals surface area contributed by atoms with Gasteiger partial charge in [-0.3, -0.25) is 0 Å². The average Bonchev–Trinajstić information content (AvgIpc) is 3.00. The highest BCUT2D eigenvalue weighted by molar-refractivity contribution is 7.90. The van der Waals surface area contributed by atoms with E-state index in [-0.39, 0.29) is 11.3 Å². The van der Waals surface area contributed by atoms with Crippen LogP contribution in [0.4, 0.5) is 0 Å². The minimum absolute atomic E-state index is 0.202. The highest BCUT2D eigenvalue weighted by atomic mass is 32.2. The highest BCUT2D eigenvalue weighted by Gasteiger charge is 2.42. The molecule has 1 heterocycles. The second-order valence-corrected chi connectivity index (χ2v) is 8.14. The molecule has 0 aromatic heterocycles. The van der Waals surface area contributed by atoms with Crippen molar-refractivity contribution in [2.75, 3.05) is 38.2 Å². The fraction of sp³-hybridized carbons (Fsp3) is 1.00. The molecule has 100 valence electrons. The van der Waals surface area contributed by atoms with Gasteiger partial charge in [-0.25, -0.2) is 8.42 Å². The third-order valence-corrected chi connectivity index (χ3v) is 4.91. The molecule has 0 spiro atoms. The van der Waals surface area contributed by atoms with Crippen molar-refractivity contribution >= 4 is 9.84 Å². The van der Waals surface area contributed by atoms with Gasteiger partial charge in [0.25, 0.3) is 0 Å². The van der Waals surface area contributed by atoms with E-state index in [1.807, 2.05) is 0 Å². The Labute approximate surface area is 105 Å². The van der Waals surface area contributed by atoms with Crippen LogP contribution in [0.5, 0.6) is 0 Å². The Morgan fingerprint density at radius 2 is 2.12 bits per heavy atom. The van der Waals surface area contributed by atoms with E-state index < -0.39 is 9.84 Å². The molecule has 0 aromatic rings. The second kappa shape index (κ2) is 4.86. The minimum atomic E-state index is -2.84. The van der Waals surface area contributed by atoms with Gasteiger partial charge in [0, 0.05) is 24.9 Å². The zero-order chi connectivity index (χ0) is 12.5. The quantitative estimate of drug-likeness (QED) is 0.799. The average molecular weight is 260 g/mol. The van der Waals surface area contributed by atoms with Crippen LogP contribution in [0.25, 0.3) is 0 Å². The number of nitrogens with one attached hydrogen (secondary N) is 1. The van der Waals surface area contributed by atoms with E-state index in [0.717, 1.165) is 32.0 Å². The molecule has 1 N–H and O–H groups in total. The molecular weight excluding hydrogens is 236 g/mol. The summed E-state index contributed by atoms with van der Waals surface area (Å²) < 4.78 is 22.5. The van der Waals surface area contributed by atoms with E-state index in [1.54, 1.807) is 0 Å². The van der Waals surface area contributed by atoms with Crippen LogP contribution in [0.15, 0.2) is 0 Å². The molecular formula is C12H24N2O2S. The van der Waals surface area contributed by atoms with Gasteiger partial charge in [0.2, 0.25) is 0 Å².